The Kier molecular flexibility index (Phi) is 5.87. The first-order valence-corrected chi connectivity index (χ1v) is 7.70. The van der Waals surface area contributed by atoms with Crippen LogP contribution in [0.4, 0.5) is 0 Å². The zero-order valence-electron chi connectivity index (χ0n) is 12.4. The van der Waals surface area contributed by atoms with Gasteiger partial charge in [0.25, 0.3) is 0 Å². The summed E-state index contributed by atoms with van der Waals surface area (Å²) in [6.45, 7) is 6.05. The average Bonchev–Trinajstić information content (AvgIpc) is 2.45. The molecule has 1 atom stereocenters. The van der Waals surface area contributed by atoms with Crippen molar-refractivity contribution in [2.45, 2.75) is 38.6 Å². The zero-order chi connectivity index (χ0) is 13.5. The van der Waals surface area contributed by atoms with Crippen LogP contribution in [0.15, 0.2) is 30.3 Å². The maximum absolute atomic E-state index is 3.72. The summed E-state index contributed by atoms with van der Waals surface area (Å²) in [6.07, 6.45) is 5.13. The van der Waals surface area contributed by atoms with Crippen LogP contribution < -0.4 is 5.32 Å². The second kappa shape index (κ2) is 7.66. The van der Waals surface area contributed by atoms with Crippen LogP contribution in [0.5, 0.6) is 0 Å². The molecule has 1 aromatic carbocycles. The Morgan fingerprint density at radius 1 is 1.21 bits per heavy atom. The predicted octanol–water partition coefficient (Wildman–Crippen LogP) is 2.94. The molecule has 2 rings (SSSR count). The monoisotopic (exact) mass is 260 g/mol. The molecule has 1 N–H and O–H groups in total. The van der Waals surface area contributed by atoms with E-state index in [1.165, 1.54) is 50.9 Å². The first-order valence-electron chi connectivity index (χ1n) is 7.70. The molecule has 0 spiro atoms. The van der Waals surface area contributed by atoms with Crippen molar-refractivity contribution in [2.24, 2.45) is 5.92 Å². The van der Waals surface area contributed by atoms with Crippen molar-refractivity contribution in [3.8, 4) is 0 Å². The van der Waals surface area contributed by atoms with Crippen molar-refractivity contribution in [2.75, 3.05) is 26.7 Å². The van der Waals surface area contributed by atoms with Gasteiger partial charge in [0.05, 0.1) is 0 Å². The van der Waals surface area contributed by atoms with E-state index in [1.54, 1.807) is 0 Å². The highest BCUT2D eigenvalue weighted by Gasteiger charge is 2.16. The van der Waals surface area contributed by atoms with E-state index in [-0.39, 0.29) is 0 Å². The highest BCUT2D eigenvalue weighted by molar-refractivity contribution is 5.14. The molecule has 106 valence electrons. The number of hydrogen-bond acceptors (Lipinski definition) is 2. The second-order valence-corrected chi connectivity index (χ2v) is 6.08. The van der Waals surface area contributed by atoms with E-state index in [4.69, 9.17) is 0 Å². The van der Waals surface area contributed by atoms with Crippen molar-refractivity contribution in [1.29, 1.82) is 0 Å². The van der Waals surface area contributed by atoms with Gasteiger partial charge in [-0.05, 0) is 70.8 Å². The van der Waals surface area contributed by atoms with Crippen LogP contribution in [-0.2, 0) is 6.42 Å². The third-order valence-corrected chi connectivity index (χ3v) is 4.30. The maximum atomic E-state index is 3.72. The summed E-state index contributed by atoms with van der Waals surface area (Å²) in [4.78, 5) is 2.44. The number of benzene rings is 1. The van der Waals surface area contributed by atoms with E-state index in [2.05, 4.69) is 54.5 Å². The van der Waals surface area contributed by atoms with Crippen molar-refractivity contribution >= 4 is 0 Å². The van der Waals surface area contributed by atoms with Gasteiger partial charge < -0.3 is 10.2 Å². The van der Waals surface area contributed by atoms with E-state index < -0.39 is 0 Å². The Morgan fingerprint density at radius 3 is 2.58 bits per heavy atom. The summed E-state index contributed by atoms with van der Waals surface area (Å²) < 4.78 is 0. The minimum absolute atomic E-state index is 0.625. The topological polar surface area (TPSA) is 15.3 Å². The lowest BCUT2D eigenvalue weighted by Gasteiger charge is -2.30. The van der Waals surface area contributed by atoms with Gasteiger partial charge >= 0.3 is 0 Å². The van der Waals surface area contributed by atoms with E-state index in [0.29, 0.717) is 6.04 Å². The van der Waals surface area contributed by atoms with Crippen LogP contribution in [0.1, 0.15) is 31.7 Å². The van der Waals surface area contributed by atoms with Crippen LogP contribution in [-0.4, -0.2) is 37.6 Å². The molecule has 0 radical (unpaired) electrons. The first-order chi connectivity index (χ1) is 9.24. The molecule has 2 nitrogen and oxygen atoms in total. The van der Waals surface area contributed by atoms with Gasteiger partial charge in [-0.15, -0.1) is 0 Å². The molecule has 1 heterocycles. The van der Waals surface area contributed by atoms with Crippen LogP contribution in [0.25, 0.3) is 0 Å². The molecule has 0 saturated carbocycles. The molecule has 19 heavy (non-hydrogen) atoms. The van der Waals surface area contributed by atoms with Gasteiger partial charge in [0.15, 0.2) is 0 Å². The van der Waals surface area contributed by atoms with Crippen LogP contribution in [0.3, 0.4) is 0 Å². The number of rotatable bonds is 6. The summed E-state index contributed by atoms with van der Waals surface area (Å²) in [6, 6.07) is 11.4. The number of aryl methyl sites for hydroxylation is 1. The number of piperidine rings is 1. The van der Waals surface area contributed by atoms with E-state index in [9.17, 15) is 0 Å². The lowest BCUT2D eigenvalue weighted by atomic mass is 9.96. The number of likely N-dealkylation sites (tertiary alicyclic amines) is 1. The minimum Gasteiger partial charge on any atom is -0.314 e. The fourth-order valence-electron chi connectivity index (χ4n) is 2.76. The molecule has 2 heteroatoms. The Hall–Kier alpha value is -0.860. The Labute approximate surface area is 118 Å². The van der Waals surface area contributed by atoms with Gasteiger partial charge in [-0.1, -0.05) is 30.3 Å². The maximum Gasteiger partial charge on any atom is 0.00420 e. The van der Waals surface area contributed by atoms with Crippen molar-refractivity contribution in [3.63, 3.8) is 0 Å². The van der Waals surface area contributed by atoms with Crippen LogP contribution in [0, 0.1) is 5.92 Å². The smallest absolute Gasteiger partial charge is 0.00420 e. The number of hydrogen-bond donors (Lipinski definition) is 1. The Bertz CT molecular complexity index is 342. The van der Waals surface area contributed by atoms with Crippen molar-refractivity contribution in [3.05, 3.63) is 35.9 Å². The third kappa shape index (κ3) is 5.33. The van der Waals surface area contributed by atoms with Crippen molar-refractivity contribution in [1.82, 2.24) is 10.2 Å². The molecule has 1 unspecified atom stereocenters. The summed E-state index contributed by atoms with van der Waals surface area (Å²) in [5.74, 6) is 0.885. The standard InChI is InChI=1S/C17H28N2/c1-15(8-9-16-6-4-3-5-7-16)18-14-17-10-12-19(2)13-11-17/h3-7,15,17-18H,8-14H2,1-2H3. The van der Waals surface area contributed by atoms with Gasteiger partial charge in [0.1, 0.15) is 0 Å². The fraction of sp³-hybridized carbons (Fsp3) is 0.647. The van der Waals surface area contributed by atoms with E-state index in [1.807, 2.05) is 0 Å². The third-order valence-electron chi connectivity index (χ3n) is 4.30. The molecule has 1 fully saturated rings. The number of nitrogens with zero attached hydrogens (tertiary/aromatic N) is 1. The SMILES string of the molecule is CC(CCc1ccccc1)NCC1CCN(C)CC1. The second-order valence-electron chi connectivity index (χ2n) is 6.08. The Balaban J connectivity index is 1.61. The molecule has 1 aliphatic heterocycles. The Morgan fingerprint density at radius 2 is 1.89 bits per heavy atom. The molecular weight excluding hydrogens is 232 g/mol. The van der Waals surface area contributed by atoms with Crippen LogP contribution in [0.2, 0.25) is 0 Å². The highest BCUT2D eigenvalue weighted by atomic mass is 15.1. The molecule has 1 saturated heterocycles. The molecule has 0 amide bonds. The van der Waals surface area contributed by atoms with E-state index in [0.717, 1.165) is 5.92 Å². The van der Waals surface area contributed by atoms with Gasteiger partial charge in [-0.2, -0.15) is 0 Å². The summed E-state index contributed by atoms with van der Waals surface area (Å²) in [5, 5.41) is 3.72. The summed E-state index contributed by atoms with van der Waals surface area (Å²) in [7, 11) is 2.23. The van der Waals surface area contributed by atoms with Gasteiger partial charge in [-0.3, -0.25) is 0 Å². The highest BCUT2D eigenvalue weighted by Crippen LogP contribution is 2.15. The normalized spacial score (nSPS) is 19.5. The molecule has 1 aromatic rings. The van der Waals surface area contributed by atoms with Crippen LogP contribution >= 0.6 is 0 Å². The number of nitrogens with one attached hydrogen (secondary N) is 1. The molecule has 0 aliphatic carbocycles. The summed E-state index contributed by atoms with van der Waals surface area (Å²) in [5.41, 5.74) is 1.45. The molecular formula is C17H28N2. The van der Waals surface area contributed by atoms with E-state index >= 15 is 0 Å². The average molecular weight is 260 g/mol. The molecule has 1 aliphatic rings. The lowest BCUT2D eigenvalue weighted by molar-refractivity contribution is 0.212. The first kappa shape index (κ1) is 14.5. The summed E-state index contributed by atoms with van der Waals surface area (Å²) >= 11 is 0. The van der Waals surface area contributed by atoms with Crippen molar-refractivity contribution < 1.29 is 0 Å². The minimum atomic E-state index is 0.625. The zero-order valence-corrected chi connectivity index (χ0v) is 12.4. The largest absolute Gasteiger partial charge is 0.314 e. The fourth-order valence-corrected chi connectivity index (χ4v) is 2.76. The van der Waals surface area contributed by atoms with Gasteiger partial charge in [-0.25, -0.2) is 0 Å². The molecule has 0 aromatic heterocycles. The lowest BCUT2D eigenvalue weighted by Crippen LogP contribution is -2.37. The quantitative estimate of drug-likeness (QED) is 0.846. The molecule has 0 bridgehead atoms. The van der Waals surface area contributed by atoms with Gasteiger partial charge in [0, 0.05) is 6.04 Å². The predicted molar refractivity (Wildman–Crippen MR) is 82.4 cm³/mol. The van der Waals surface area contributed by atoms with Gasteiger partial charge in [0.2, 0.25) is 0 Å².